The zero-order chi connectivity index (χ0) is 9.42. The highest BCUT2D eigenvalue weighted by Gasteiger charge is 2.37. The van der Waals surface area contributed by atoms with Crippen molar-refractivity contribution in [3.8, 4) is 0 Å². The van der Waals surface area contributed by atoms with Crippen molar-refractivity contribution in [2.45, 2.75) is 31.6 Å². The second-order valence-electron chi connectivity index (χ2n) is 3.95. The molecular formula is C9H13F2NO. The number of hydrogen-bond donors (Lipinski definition) is 0. The molecule has 1 aliphatic heterocycles. The Morgan fingerprint density at radius 3 is 2.31 bits per heavy atom. The monoisotopic (exact) mass is 189 g/mol. The quantitative estimate of drug-likeness (QED) is 0.609. The van der Waals surface area contributed by atoms with E-state index in [9.17, 15) is 13.6 Å². The standard InChI is InChI=1S/C9H13F2NO/c10-7-2-1-6(3-7)9(13)12-4-8(11)5-12/h6-8H,1-5H2. The van der Waals surface area contributed by atoms with Gasteiger partial charge in [0, 0.05) is 5.92 Å². The van der Waals surface area contributed by atoms with Gasteiger partial charge in [-0.2, -0.15) is 0 Å². The maximum absolute atomic E-state index is 12.8. The molecule has 0 aromatic rings. The minimum Gasteiger partial charge on any atom is -0.336 e. The van der Waals surface area contributed by atoms with Gasteiger partial charge in [-0.15, -0.1) is 0 Å². The van der Waals surface area contributed by atoms with Crippen molar-refractivity contribution in [1.82, 2.24) is 4.90 Å². The van der Waals surface area contributed by atoms with Gasteiger partial charge in [-0.25, -0.2) is 8.78 Å². The molecule has 1 aliphatic carbocycles. The number of nitrogens with zero attached hydrogens (tertiary/aromatic N) is 1. The van der Waals surface area contributed by atoms with E-state index in [1.165, 1.54) is 4.90 Å². The van der Waals surface area contributed by atoms with Gasteiger partial charge in [0.15, 0.2) is 0 Å². The minimum atomic E-state index is -0.855. The first-order valence-corrected chi connectivity index (χ1v) is 4.73. The lowest BCUT2D eigenvalue weighted by atomic mass is 10.0. The third-order valence-corrected chi connectivity index (χ3v) is 2.87. The summed E-state index contributed by atoms with van der Waals surface area (Å²) in [6.07, 6.45) is -0.216. The van der Waals surface area contributed by atoms with Crippen LogP contribution in [0, 0.1) is 5.92 Å². The highest BCUT2D eigenvalue weighted by Crippen LogP contribution is 2.30. The maximum Gasteiger partial charge on any atom is 0.225 e. The molecule has 2 aliphatic rings. The summed E-state index contributed by atoms with van der Waals surface area (Å²) in [5.74, 6) is -0.225. The molecule has 2 fully saturated rings. The first kappa shape index (κ1) is 8.91. The molecule has 74 valence electrons. The Hall–Kier alpha value is -0.670. The van der Waals surface area contributed by atoms with Gasteiger partial charge in [0.25, 0.3) is 0 Å². The van der Waals surface area contributed by atoms with Gasteiger partial charge in [0.2, 0.25) is 5.91 Å². The van der Waals surface area contributed by atoms with E-state index in [4.69, 9.17) is 0 Å². The summed E-state index contributed by atoms with van der Waals surface area (Å²) in [5.41, 5.74) is 0. The Labute approximate surface area is 75.9 Å². The predicted octanol–water partition coefficient (Wildman–Crippen LogP) is 1.30. The van der Waals surface area contributed by atoms with Crippen LogP contribution in [0.1, 0.15) is 19.3 Å². The molecule has 2 nitrogen and oxygen atoms in total. The summed E-state index contributed by atoms with van der Waals surface area (Å²) in [5, 5.41) is 0. The molecule has 0 spiro atoms. The highest BCUT2D eigenvalue weighted by atomic mass is 19.1. The van der Waals surface area contributed by atoms with Crippen molar-refractivity contribution in [2.75, 3.05) is 13.1 Å². The van der Waals surface area contributed by atoms with Gasteiger partial charge in [-0.1, -0.05) is 0 Å². The van der Waals surface area contributed by atoms with Crippen LogP contribution in [-0.4, -0.2) is 36.2 Å². The van der Waals surface area contributed by atoms with Crippen molar-refractivity contribution in [1.29, 1.82) is 0 Å². The van der Waals surface area contributed by atoms with E-state index in [0.29, 0.717) is 19.3 Å². The van der Waals surface area contributed by atoms with Crippen LogP contribution in [0.5, 0.6) is 0 Å². The molecule has 2 unspecified atom stereocenters. The number of alkyl halides is 2. The lowest BCUT2D eigenvalue weighted by Gasteiger charge is -2.36. The number of carbonyl (C=O) groups excluding carboxylic acids is 1. The van der Waals surface area contributed by atoms with Gasteiger partial charge in [-0.3, -0.25) is 4.79 Å². The van der Waals surface area contributed by atoms with Crippen LogP contribution in [0.25, 0.3) is 0 Å². The van der Waals surface area contributed by atoms with Crippen LogP contribution < -0.4 is 0 Å². The number of halogens is 2. The number of amides is 1. The van der Waals surface area contributed by atoms with Crippen molar-refractivity contribution in [3.05, 3.63) is 0 Å². The summed E-state index contributed by atoms with van der Waals surface area (Å²) in [6.45, 7) is 0.429. The van der Waals surface area contributed by atoms with E-state index in [1.807, 2.05) is 0 Å². The predicted molar refractivity (Wildman–Crippen MR) is 43.7 cm³/mol. The van der Waals surface area contributed by atoms with Crippen molar-refractivity contribution < 1.29 is 13.6 Å². The lowest BCUT2D eigenvalue weighted by Crippen LogP contribution is -2.53. The fourth-order valence-electron chi connectivity index (χ4n) is 2.01. The molecule has 13 heavy (non-hydrogen) atoms. The van der Waals surface area contributed by atoms with E-state index < -0.39 is 12.3 Å². The number of likely N-dealkylation sites (tertiary alicyclic amines) is 1. The van der Waals surface area contributed by atoms with E-state index in [2.05, 4.69) is 0 Å². The molecule has 0 bridgehead atoms. The van der Waals surface area contributed by atoms with Crippen LogP contribution >= 0.6 is 0 Å². The normalized spacial score (nSPS) is 34.8. The average molecular weight is 189 g/mol. The molecule has 0 aromatic heterocycles. The molecule has 4 heteroatoms. The van der Waals surface area contributed by atoms with Crippen LogP contribution in [-0.2, 0) is 4.79 Å². The lowest BCUT2D eigenvalue weighted by molar-refractivity contribution is -0.142. The van der Waals surface area contributed by atoms with Crippen LogP contribution in [0.4, 0.5) is 8.78 Å². The second-order valence-corrected chi connectivity index (χ2v) is 3.95. The largest absolute Gasteiger partial charge is 0.336 e. The zero-order valence-corrected chi connectivity index (χ0v) is 7.38. The van der Waals surface area contributed by atoms with Crippen LogP contribution in [0.15, 0.2) is 0 Å². The molecule has 1 saturated carbocycles. The van der Waals surface area contributed by atoms with Crippen molar-refractivity contribution >= 4 is 5.91 Å². The van der Waals surface area contributed by atoms with Gasteiger partial charge >= 0.3 is 0 Å². The maximum atomic E-state index is 12.8. The molecule has 2 rings (SSSR count). The van der Waals surface area contributed by atoms with Crippen LogP contribution in [0.2, 0.25) is 0 Å². The minimum absolute atomic E-state index is 0.0472. The van der Waals surface area contributed by atoms with Gasteiger partial charge < -0.3 is 4.90 Å². The van der Waals surface area contributed by atoms with Crippen molar-refractivity contribution in [2.24, 2.45) is 5.92 Å². The molecule has 1 heterocycles. The molecule has 0 radical (unpaired) electrons. The summed E-state index contributed by atoms with van der Waals surface area (Å²) in [6, 6.07) is 0. The highest BCUT2D eigenvalue weighted by molar-refractivity contribution is 5.80. The zero-order valence-electron chi connectivity index (χ0n) is 7.38. The van der Waals surface area contributed by atoms with E-state index in [0.717, 1.165) is 0 Å². The van der Waals surface area contributed by atoms with Gasteiger partial charge in [-0.05, 0) is 19.3 Å². The number of hydrogen-bond acceptors (Lipinski definition) is 1. The summed E-state index contributed by atoms with van der Waals surface area (Å²) < 4.78 is 25.2. The molecule has 0 N–H and O–H groups in total. The Morgan fingerprint density at radius 2 is 1.85 bits per heavy atom. The van der Waals surface area contributed by atoms with Crippen LogP contribution in [0.3, 0.4) is 0 Å². The third kappa shape index (κ3) is 1.67. The third-order valence-electron chi connectivity index (χ3n) is 2.87. The van der Waals surface area contributed by atoms with E-state index in [1.54, 1.807) is 0 Å². The number of rotatable bonds is 1. The molecule has 1 saturated heterocycles. The number of carbonyl (C=O) groups is 1. The average Bonchev–Trinajstić information content (AvgIpc) is 2.45. The first-order valence-electron chi connectivity index (χ1n) is 4.73. The summed E-state index contributed by atoms with van der Waals surface area (Å²) in [4.78, 5) is 13.0. The Balaban J connectivity index is 1.84. The van der Waals surface area contributed by atoms with E-state index in [-0.39, 0.29) is 24.9 Å². The molecule has 2 atom stereocenters. The summed E-state index contributed by atoms with van der Waals surface area (Å²) in [7, 11) is 0. The fourth-order valence-corrected chi connectivity index (χ4v) is 2.01. The molecular weight excluding hydrogens is 176 g/mol. The molecule has 1 amide bonds. The SMILES string of the molecule is O=C(C1CCC(F)C1)N1CC(F)C1. The second kappa shape index (κ2) is 3.24. The smallest absolute Gasteiger partial charge is 0.225 e. The Bertz CT molecular complexity index is 216. The summed E-state index contributed by atoms with van der Waals surface area (Å²) >= 11 is 0. The Kier molecular flexibility index (Phi) is 2.22. The van der Waals surface area contributed by atoms with Gasteiger partial charge in [0.1, 0.15) is 12.3 Å². The van der Waals surface area contributed by atoms with E-state index >= 15 is 0 Å². The van der Waals surface area contributed by atoms with Gasteiger partial charge in [0.05, 0.1) is 13.1 Å². The Morgan fingerprint density at radius 1 is 1.15 bits per heavy atom. The topological polar surface area (TPSA) is 20.3 Å². The fraction of sp³-hybridized carbons (Fsp3) is 0.889. The molecule has 0 aromatic carbocycles. The van der Waals surface area contributed by atoms with Crippen molar-refractivity contribution in [3.63, 3.8) is 0 Å². The first-order chi connectivity index (χ1) is 6.16.